The fourth-order valence-corrected chi connectivity index (χ4v) is 1.95. The minimum Gasteiger partial charge on any atom is -0.497 e. The van der Waals surface area contributed by atoms with Gasteiger partial charge in [-0.1, -0.05) is 30.3 Å². The highest BCUT2D eigenvalue weighted by Crippen LogP contribution is 2.20. The van der Waals surface area contributed by atoms with Crippen LogP contribution in [0.5, 0.6) is 11.5 Å². The van der Waals surface area contributed by atoms with Gasteiger partial charge in [-0.2, -0.15) is 0 Å². The van der Waals surface area contributed by atoms with Crippen LogP contribution in [-0.2, 0) is 13.0 Å². The highest BCUT2D eigenvalue weighted by Gasteiger charge is 2.02. The van der Waals surface area contributed by atoms with E-state index in [0.717, 1.165) is 17.9 Å². The van der Waals surface area contributed by atoms with Crippen molar-refractivity contribution in [3.8, 4) is 11.5 Å². The van der Waals surface area contributed by atoms with Gasteiger partial charge in [-0.25, -0.2) is 0 Å². The Labute approximate surface area is 114 Å². The predicted octanol–water partition coefficient (Wildman–Crippen LogP) is 2.78. The summed E-state index contributed by atoms with van der Waals surface area (Å²) in [7, 11) is 1.65. The molecular formula is C16H19NO2. The van der Waals surface area contributed by atoms with Crippen LogP contribution in [0.1, 0.15) is 11.1 Å². The topological polar surface area (TPSA) is 44.5 Å². The number of rotatable bonds is 6. The average molecular weight is 257 g/mol. The Morgan fingerprint density at radius 2 is 1.68 bits per heavy atom. The van der Waals surface area contributed by atoms with Gasteiger partial charge in [0.1, 0.15) is 18.1 Å². The molecule has 0 saturated heterocycles. The van der Waals surface area contributed by atoms with Crippen LogP contribution < -0.4 is 15.2 Å². The van der Waals surface area contributed by atoms with E-state index in [-0.39, 0.29) is 0 Å². The van der Waals surface area contributed by atoms with Gasteiger partial charge < -0.3 is 15.2 Å². The van der Waals surface area contributed by atoms with Gasteiger partial charge in [-0.05, 0) is 36.2 Å². The molecule has 3 nitrogen and oxygen atoms in total. The van der Waals surface area contributed by atoms with Crippen LogP contribution in [0.2, 0.25) is 0 Å². The van der Waals surface area contributed by atoms with Gasteiger partial charge in [0.05, 0.1) is 7.11 Å². The smallest absolute Gasteiger partial charge is 0.123 e. The second kappa shape index (κ2) is 6.81. The second-order valence-electron chi connectivity index (χ2n) is 4.28. The van der Waals surface area contributed by atoms with Crippen molar-refractivity contribution in [2.24, 2.45) is 5.73 Å². The SMILES string of the molecule is COc1cccc(OCc2ccccc2CCN)c1. The minimum atomic E-state index is 0.545. The van der Waals surface area contributed by atoms with Gasteiger partial charge in [-0.15, -0.1) is 0 Å². The van der Waals surface area contributed by atoms with E-state index in [2.05, 4.69) is 12.1 Å². The molecule has 19 heavy (non-hydrogen) atoms. The van der Waals surface area contributed by atoms with Crippen molar-refractivity contribution >= 4 is 0 Å². The molecule has 3 heteroatoms. The Kier molecular flexibility index (Phi) is 4.81. The minimum absolute atomic E-state index is 0.545. The van der Waals surface area contributed by atoms with Crippen LogP contribution in [0.15, 0.2) is 48.5 Å². The summed E-state index contributed by atoms with van der Waals surface area (Å²) in [4.78, 5) is 0. The lowest BCUT2D eigenvalue weighted by Gasteiger charge is -2.11. The quantitative estimate of drug-likeness (QED) is 0.865. The van der Waals surface area contributed by atoms with Gasteiger partial charge in [-0.3, -0.25) is 0 Å². The molecule has 0 amide bonds. The van der Waals surface area contributed by atoms with Crippen molar-refractivity contribution < 1.29 is 9.47 Å². The van der Waals surface area contributed by atoms with E-state index >= 15 is 0 Å². The van der Waals surface area contributed by atoms with Crippen LogP contribution in [-0.4, -0.2) is 13.7 Å². The van der Waals surface area contributed by atoms with Crippen molar-refractivity contribution in [2.45, 2.75) is 13.0 Å². The lowest BCUT2D eigenvalue weighted by atomic mass is 10.1. The molecule has 0 atom stereocenters. The summed E-state index contributed by atoms with van der Waals surface area (Å²) < 4.78 is 11.0. The molecule has 2 N–H and O–H groups in total. The van der Waals surface area contributed by atoms with Crippen molar-refractivity contribution in [1.29, 1.82) is 0 Å². The molecule has 0 fully saturated rings. The molecule has 0 aromatic heterocycles. The zero-order valence-corrected chi connectivity index (χ0v) is 11.1. The number of benzene rings is 2. The van der Waals surface area contributed by atoms with E-state index in [1.807, 2.05) is 36.4 Å². The summed E-state index contributed by atoms with van der Waals surface area (Å²) in [5.74, 6) is 1.61. The third-order valence-corrected chi connectivity index (χ3v) is 2.97. The largest absolute Gasteiger partial charge is 0.497 e. The third kappa shape index (κ3) is 3.73. The van der Waals surface area contributed by atoms with E-state index in [4.69, 9.17) is 15.2 Å². The highest BCUT2D eigenvalue weighted by molar-refractivity contribution is 5.33. The second-order valence-corrected chi connectivity index (χ2v) is 4.28. The van der Waals surface area contributed by atoms with Crippen LogP contribution in [0, 0.1) is 0 Å². The van der Waals surface area contributed by atoms with Crippen LogP contribution in [0.4, 0.5) is 0 Å². The maximum Gasteiger partial charge on any atom is 0.123 e. The van der Waals surface area contributed by atoms with Gasteiger partial charge in [0.15, 0.2) is 0 Å². The monoisotopic (exact) mass is 257 g/mol. The average Bonchev–Trinajstić information content (AvgIpc) is 2.47. The zero-order valence-electron chi connectivity index (χ0n) is 11.1. The Hall–Kier alpha value is -2.00. The van der Waals surface area contributed by atoms with Crippen molar-refractivity contribution in [2.75, 3.05) is 13.7 Å². The normalized spacial score (nSPS) is 10.2. The first-order chi connectivity index (χ1) is 9.33. The summed E-state index contributed by atoms with van der Waals surface area (Å²) in [6.45, 7) is 1.19. The maximum atomic E-state index is 5.80. The van der Waals surface area contributed by atoms with Gasteiger partial charge in [0.25, 0.3) is 0 Å². The summed E-state index contributed by atoms with van der Waals surface area (Å²) in [6, 6.07) is 15.8. The summed E-state index contributed by atoms with van der Waals surface area (Å²) in [5, 5.41) is 0. The molecule has 0 heterocycles. The summed E-state index contributed by atoms with van der Waals surface area (Å²) >= 11 is 0. The molecule has 2 aromatic carbocycles. The Morgan fingerprint density at radius 1 is 0.947 bits per heavy atom. The molecule has 0 aliphatic carbocycles. The Balaban J connectivity index is 2.05. The fourth-order valence-electron chi connectivity index (χ4n) is 1.95. The molecule has 0 radical (unpaired) electrons. The number of hydrogen-bond acceptors (Lipinski definition) is 3. The molecule has 0 aliphatic heterocycles. The van der Waals surface area contributed by atoms with Crippen molar-refractivity contribution in [1.82, 2.24) is 0 Å². The van der Waals surface area contributed by atoms with Gasteiger partial charge >= 0.3 is 0 Å². The van der Waals surface area contributed by atoms with Gasteiger partial charge in [0, 0.05) is 6.07 Å². The molecule has 2 rings (SSSR count). The first kappa shape index (κ1) is 13.4. The molecule has 0 saturated carbocycles. The molecule has 0 unspecified atom stereocenters. The van der Waals surface area contributed by atoms with E-state index in [1.54, 1.807) is 7.11 Å². The Morgan fingerprint density at radius 3 is 2.42 bits per heavy atom. The predicted molar refractivity (Wildman–Crippen MR) is 76.5 cm³/mol. The fraction of sp³-hybridized carbons (Fsp3) is 0.250. The van der Waals surface area contributed by atoms with Gasteiger partial charge in [0.2, 0.25) is 0 Å². The third-order valence-electron chi connectivity index (χ3n) is 2.97. The molecule has 100 valence electrons. The Bertz CT molecular complexity index is 526. The zero-order chi connectivity index (χ0) is 13.5. The molecule has 0 spiro atoms. The number of hydrogen-bond donors (Lipinski definition) is 1. The van der Waals surface area contributed by atoms with E-state index in [1.165, 1.54) is 11.1 Å². The highest BCUT2D eigenvalue weighted by atomic mass is 16.5. The molecule has 2 aromatic rings. The summed E-state index contributed by atoms with van der Waals surface area (Å²) in [6.07, 6.45) is 0.873. The van der Waals surface area contributed by atoms with Crippen molar-refractivity contribution in [3.05, 3.63) is 59.7 Å². The molecular weight excluding hydrogens is 238 g/mol. The number of ether oxygens (including phenoxy) is 2. The van der Waals surface area contributed by atoms with Crippen LogP contribution >= 0.6 is 0 Å². The number of methoxy groups -OCH3 is 1. The first-order valence-electron chi connectivity index (χ1n) is 6.37. The standard InChI is InChI=1S/C16H19NO2/c1-18-15-7-4-8-16(11-15)19-12-14-6-3-2-5-13(14)9-10-17/h2-8,11H,9-10,12,17H2,1H3. The lowest BCUT2D eigenvalue weighted by Crippen LogP contribution is -2.07. The van der Waals surface area contributed by atoms with Crippen LogP contribution in [0.25, 0.3) is 0 Å². The molecule has 0 bridgehead atoms. The first-order valence-corrected chi connectivity index (χ1v) is 6.37. The van der Waals surface area contributed by atoms with Crippen LogP contribution in [0.3, 0.4) is 0 Å². The van der Waals surface area contributed by atoms with E-state index in [9.17, 15) is 0 Å². The van der Waals surface area contributed by atoms with Crippen molar-refractivity contribution in [3.63, 3.8) is 0 Å². The number of nitrogens with two attached hydrogens (primary N) is 1. The molecule has 0 aliphatic rings. The summed E-state index contributed by atoms with van der Waals surface area (Å²) in [5.41, 5.74) is 8.04. The van der Waals surface area contributed by atoms with E-state index < -0.39 is 0 Å². The maximum absolute atomic E-state index is 5.80. The van der Waals surface area contributed by atoms with E-state index in [0.29, 0.717) is 13.2 Å². The lowest BCUT2D eigenvalue weighted by molar-refractivity contribution is 0.302.